The van der Waals surface area contributed by atoms with Crippen molar-refractivity contribution in [2.75, 3.05) is 26.7 Å². The Morgan fingerprint density at radius 3 is 2.76 bits per heavy atom. The van der Waals surface area contributed by atoms with Crippen LogP contribution in [0.3, 0.4) is 0 Å². The summed E-state index contributed by atoms with van der Waals surface area (Å²) in [6, 6.07) is 2.35. The minimum Gasteiger partial charge on any atom is -0.351 e. The van der Waals surface area contributed by atoms with Crippen LogP contribution in [-0.2, 0) is 6.54 Å². The van der Waals surface area contributed by atoms with Gasteiger partial charge in [0.05, 0.1) is 0 Å². The van der Waals surface area contributed by atoms with Gasteiger partial charge in [-0.1, -0.05) is 0 Å². The Bertz CT molecular complexity index is 697. The fourth-order valence-corrected chi connectivity index (χ4v) is 3.62. The monoisotopic (exact) mass is 344 g/mol. The number of aryl methyl sites for hydroxylation is 2. The minimum absolute atomic E-state index is 0.0762. The number of likely N-dealkylation sites (tertiary alicyclic amines) is 1. The van der Waals surface area contributed by atoms with Crippen molar-refractivity contribution in [3.63, 3.8) is 0 Å². The van der Waals surface area contributed by atoms with Gasteiger partial charge < -0.3 is 14.8 Å². The second-order valence-electron chi connectivity index (χ2n) is 6.88. The third-order valence-corrected chi connectivity index (χ3v) is 5.00. The molecule has 1 saturated heterocycles. The molecule has 0 bridgehead atoms. The molecule has 2 aromatic heterocycles. The number of piperidine rings is 1. The molecule has 0 saturated carbocycles. The Hall–Kier alpha value is -2.15. The predicted molar refractivity (Wildman–Crippen MR) is 96.6 cm³/mol. The lowest BCUT2D eigenvalue weighted by molar-refractivity contribution is 0.0947. The van der Waals surface area contributed by atoms with Crippen molar-refractivity contribution in [2.45, 2.75) is 45.7 Å². The van der Waals surface area contributed by atoms with E-state index in [1.807, 2.05) is 30.8 Å². The zero-order valence-electron chi connectivity index (χ0n) is 15.4. The van der Waals surface area contributed by atoms with Gasteiger partial charge in [-0.2, -0.15) is 5.10 Å². The fourth-order valence-electron chi connectivity index (χ4n) is 3.62. The van der Waals surface area contributed by atoms with Crippen LogP contribution < -0.4 is 5.32 Å². The third-order valence-electron chi connectivity index (χ3n) is 5.00. The van der Waals surface area contributed by atoms with Gasteiger partial charge in [-0.05, 0) is 59.3 Å². The maximum atomic E-state index is 12.5. The second-order valence-corrected chi connectivity index (χ2v) is 6.88. The highest BCUT2D eigenvalue weighted by Crippen LogP contribution is 2.26. The molecule has 25 heavy (non-hydrogen) atoms. The Morgan fingerprint density at radius 2 is 2.08 bits per heavy atom. The first-order valence-electron chi connectivity index (χ1n) is 9.06. The molecule has 2 aromatic rings. The Balaban J connectivity index is 1.58. The maximum Gasteiger partial charge on any atom is 0.271 e. The van der Waals surface area contributed by atoms with Gasteiger partial charge in [0.2, 0.25) is 0 Å². The van der Waals surface area contributed by atoms with E-state index in [2.05, 4.69) is 31.9 Å². The van der Waals surface area contributed by atoms with Crippen molar-refractivity contribution in [1.29, 1.82) is 0 Å². The zero-order chi connectivity index (χ0) is 17.8. The van der Waals surface area contributed by atoms with E-state index in [1.54, 1.807) is 6.20 Å². The lowest BCUT2D eigenvalue weighted by Gasteiger charge is -2.31. The number of nitrogens with zero attached hydrogens (tertiary/aromatic N) is 5. The Kier molecular flexibility index (Phi) is 5.53. The number of hydrogen-bond acceptors (Lipinski definition) is 4. The van der Waals surface area contributed by atoms with Gasteiger partial charge in [0.1, 0.15) is 11.5 Å². The van der Waals surface area contributed by atoms with Crippen LogP contribution in [0.1, 0.15) is 47.3 Å². The van der Waals surface area contributed by atoms with Crippen LogP contribution in [0.5, 0.6) is 0 Å². The van der Waals surface area contributed by atoms with Gasteiger partial charge in [-0.15, -0.1) is 0 Å². The largest absolute Gasteiger partial charge is 0.351 e. The van der Waals surface area contributed by atoms with Crippen molar-refractivity contribution in [3.8, 4) is 0 Å². The molecular weight excluding hydrogens is 316 g/mol. The summed E-state index contributed by atoms with van der Waals surface area (Å²) in [5.41, 5.74) is 1.55. The molecule has 3 heterocycles. The summed E-state index contributed by atoms with van der Waals surface area (Å²) in [5.74, 6) is 0.862. The molecular formula is C18H28N6O. The van der Waals surface area contributed by atoms with Crippen molar-refractivity contribution >= 4 is 5.91 Å². The van der Waals surface area contributed by atoms with Gasteiger partial charge in [0, 0.05) is 37.2 Å². The van der Waals surface area contributed by atoms with Gasteiger partial charge in [0.15, 0.2) is 0 Å². The Morgan fingerprint density at radius 1 is 1.32 bits per heavy atom. The van der Waals surface area contributed by atoms with Crippen molar-refractivity contribution in [1.82, 2.24) is 29.5 Å². The minimum atomic E-state index is -0.0762. The summed E-state index contributed by atoms with van der Waals surface area (Å²) < 4.78 is 4.13. The quantitative estimate of drug-likeness (QED) is 0.811. The van der Waals surface area contributed by atoms with E-state index in [4.69, 9.17) is 0 Å². The Labute approximate surface area is 149 Å². The third kappa shape index (κ3) is 4.10. The molecule has 1 aliphatic rings. The topological polar surface area (TPSA) is 68.0 Å². The highest BCUT2D eigenvalue weighted by atomic mass is 16.1. The molecule has 7 heteroatoms. The molecule has 0 spiro atoms. The van der Waals surface area contributed by atoms with E-state index in [9.17, 15) is 4.79 Å². The number of carbonyl (C=O) groups excluding carboxylic acids is 1. The molecule has 136 valence electrons. The fraction of sp³-hybridized carbons (Fsp3) is 0.611. The molecule has 0 atom stereocenters. The summed E-state index contributed by atoms with van der Waals surface area (Å²) in [5, 5.41) is 7.15. The molecule has 3 rings (SSSR count). The molecule has 1 N–H and O–H groups in total. The van der Waals surface area contributed by atoms with E-state index < -0.39 is 0 Å². The number of aromatic nitrogens is 4. The molecule has 7 nitrogen and oxygen atoms in total. The molecule has 0 aromatic carbocycles. The van der Waals surface area contributed by atoms with Crippen LogP contribution in [0.15, 0.2) is 18.5 Å². The SMILES string of the molecule is Cc1nc(C(=O)NCCCn2cccn2)c(C)n1C1CCN(C)CC1. The maximum absolute atomic E-state index is 12.5. The van der Waals surface area contributed by atoms with Crippen molar-refractivity contribution < 1.29 is 4.79 Å². The van der Waals surface area contributed by atoms with Crippen LogP contribution >= 0.6 is 0 Å². The van der Waals surface area contributed by atoms with Crippen LogP contribution in [-0.4, -0.2) is 56.8 Å². The highest BCUT2D eigenvalue weighted by Gasteiger charge is 2.25. The average molecular weight is 344 g/mol. The number of rotatable bonds is 6. The lowest BCUT2D eigenvalue weighted by atomic mass is 10.0. The van der Waals surface area contributed by atoms with Gasteiger partial charge in [-0.3, -0.25) is 9.48 Å². The van der Waals surface area contributed by atoms with Gasteiger partial charge >= 0.3 is 0 Å². The number of nitrogens with one attached hydrogen (secondary N) is 1. The molecule has 1 aliphatic heterocycles. The van der Waals surface area contributed by atoms with Crippen LogP contribution in [0, 0.1) is 13.8 Å². The van der Waals surface area contributed by atoms with E-state index in [0.29, 0.717) is 18.3 Å². The molecule has 1 amide bonds. The van der Waals surface area contributed by atoms with Crippen LogP contribution in [0.25, 0.3) is 0 Å². The van der Waals surface area contributed by atoms with Crippen molar-refractivity contribution in [3.05, 3.63) is 35.7 Å². The summed E-state index contributed by atoms with van der Waals surface area (Å²) in [6.45, 7) is 7.62. The molecule has 0 unspecified atom stereocenters. The lowest BCUT2D eigenvalue weighted by Crippen LogP contribution is -2.32. The van der Waals surface area contributed by atoms with E-state index in [0.717, 1.165) is 50.4 Å². The molecule has 0 aliphatic carbocycles. The summed E-state index contributed by atoms with van der Waals surface area (Å²) >= 11 is 0. The average Bonchev–Trinajstić information content (AvgIpc) is 3.21. The van der Waals surface area contributed by atoms with Gasteiger partial charge in [-0.25, -0.2) is 4.98 Å². The zero-order valence-corrected chi connectivity index (χ0v) is 15.4. The number of imidazole rings is 1. The number of hydrogen-bond donors (Lipinski definition) is 1. The summed E-state index contributed by atoms with van der Waals surface area (Å²) in [6.07, 6.45) is 6.76. The van der Waals surface area contributed by atoms with E-state index >= 15 is 0 Å². The number of carbonyl (C=O) groups is 1. The van der Waals surface area contributed by atoms with Crippen LogP contribution in [0.2, 0.25) is 0 Å². The first-order chi connectivity index (χ1) is 12.1. The predicted octanol–water partition coefficient (Wildman–Crippen LogP) is 1.78. The van der Waals surface area contributed by atoms with Gasteiger partial charge in [0.25, 0.3) is 5.91 Å². The summed E-state index contributed by atoms with van der Waals surface area (Å²) in [4.78, 5) is 19.4. The van der Waals surface area contributed by atoms with E-state index in [1.165, 1.54) is 0 Å². The standard InChI is InChI=1S/C18H28N6O/c1-14-17(18(25)19-8-4-10-23-11-5-9-20-23)21-15(2)24(14)16-6-12-22(3)13-7-16/h5,9,11,16H,4,6-8,10,12-13H2,1-3H3,(H,19,25). The first kappa shape index (κ1) is 17.7. The summed E-state index contributed by atoms with van der Waals surface area (Å²) in [7, 11) is 2.16. The molecule has 1 fully saturated rings. The second kappa shape index (κ2) is 7.82. The molecule has 0 radical (unpaired) electrons. The van der Waals surface area contributed by atoms with Crippen molar-refractivity contribution in [2.24, 2.45) is 0 Å². The van der Waals surface area contributed by atoms with Crippen LogP contribution in [0.4, 0.5) is 0 Å². The number of amides is 1. The van der Waals surface area contributed by atoms with E-state index in [-0.39, 0.29) is 5.91 Å². The normalized spacial score (nSPS) is 16.3. The smallest absolute Gasteiger partial charge is 0.271 e. The highest BCUT2D eigenvalue weighted by molar-refractivity contribution is 5.93. The first-order valence-corrected chi connectivity index (χ1v) is 9.06.